The Morgan fingerprint density at radius 1 is 1.16 bits per heavy atom. The Kier molecular flexibility index (Phi) is 10.5. The Balaban J connectivity index is 2.16. The number of rotatable bonds is 13. The fourth-order valence-electron chi connectivity index (χ4n) is 3.29. The van der Waals surface area contributed by atoms with Crippen molar-refractivity contribution in [3.8, 4) is 0 Å². The Morgan fingerprint density at radius 2 is 1.91 bits per heavy atom. The van der Waals surface area contributed by atoms with Crippen molar-refractivity contribution in [2.45, 2.75) is 44.2 Å². The molecule has 2 rings (SSSR count). The minimum Gasteiger partial charge on any atom is -0.469 e. The van der Waals surface area contributed by atoms with Crippen LogP contribution in [0.2, 0.25) is 0 Å². The second-order valence-corrected chi connectivity index (χ2v) is 8.40. The first-order valence-corrected chi connectivity index (χ1v) is 11.5. The smallest absolute Gasteiger partial charge is 0.328 e. The largest absolute Gasteiger partial charge is 0.469 e. The lowest BCUT2D eigenvalue weighted by Gasteiger charge is -2.19. The lowest BCUT2D eigenvalue weighted by Crippen LogP contribution is -2.49. The third-order valence-corrected chi connectivity index (χ3v) is 6.02. The molecule has 176 valence electrons. The predicted octanol–water partition coefficient (Wildman–Crippen LogP) is 1.36. The number of fused-ring (bicyclic) bond motifs is 1. The van der Waals surface area contributed by atoms with Gasteiger partial charge in [-0.1, -0.05) is 24.6 Å². The molecule has 1 aromatic heterocycles. The molecule has 1 aromatic carbocycles. The topological polar surface area (TPSA) is 139 Å². The van der Waals surface area contributed by atoms with E-state index in [1.54, 1.807) is 0 Å². The molecule has 32 heavy (non-hydrogen) atoms. The number of hydrogen-bond donors (Lipinski definition) is 3. The average molecular weight is 465 g/mol. The van der Waals surface area contributed by atoms with Gasteiger partial charge in [0.25, 0.3) is 0 Å². The highest BCUT2D eigenvalue weighted by atomic mass is 32.2. The molecule has 0 bridgehead atoms. The molecular formula is C22H32N4O5S. The summed E-state index contributed by atoms with van der Waals surface area (Å²) in [5.41, 5.74) is 13.3. The van der Waals surface area contributed by atoms with E-state index in [1.807, 2.05) is 34.4 Å². The van der Waals surface area contributed by atoms with Crippen molar-refractivity contribution in [3.63, 3.8) is 0 Å². The van der Waals surface area contributed by atoms with E-state index < -0.39 is 24.0 Å². The number of methoxy groups -OCH3 is 2. The van der Waals surface area contributed by atoms with Crippen LogP contribution in [0, 0.1) is 0 Å². The van der Waals surface area contributed by atoms with E-state index in [1.165, 1.54) is 26.2 Å². The molecule has 0 aliphatic rings. The number of ether oxygens (including phenoxy) is 2. The molecule has 2 aromatic rings. The van der Waals surface area contributed by atoms with Crippen molar-refractivity contribution >= 4 is 40.7 Å². The van der Waals surface area contributed by atoms with E-state index in [4.69, 9.17) is 16.2 Å². The highest BCUT2D eigenvalue weighted by Crippen LogP contribution is 2.27. The third-order valence-electron chi connectivity index (χ3n) is 5.06. The first kappa shape index (κ1) is 25.7. The van der Waals surface area contributed by atoms with Gasteiger partial charge in [-0.15, -0.1) is 0 Å². The van der Waals surface area contributed by atoms with Gasteiger partial charge in [-0.05, 0) is 43.0 Å². The van der Waals surface area contributed by atoms with E-state index in [-0.39, 0.29) is 18.8 Å². The first-order chi connectivity index (χ1) is 15.4. The second-order valence-electron chi connectivity index (χ2n) is 7.34. The zero-order valence-electron chi connectivity index (χ0n) is 18.5. The summed E-state index contributed by atoms with van der Waals surface area (Å²) in [4.78, 5) is 36.3. The van der Waals surface area contributed by atoms with Crippen LogP contribution in [0.25, 0.3) is 10.9 Å². The monoisotopic (exact) mass is 464 g/mol. The summed E-state index contributed by atoms with van der Waals surface area (Å²) >= 11 is 1.47. The van der Waals surface area contributed by atoms with Crippen LogP contribution in [0.4, 0.5) is 0 Å². The fraction of sp³-hybridized carbons (Fsp3) is 0.500. The number of nitrogens with zero attached hydrogens (tertiary/aromatic N) is 1. The SMILES string of the molecule is COC(=O)CCSn1cc(CC(NC(=O)C(N)CCCCN)C(=O)OC)c2ccccc21. The molecule has 1 heterocycles. The number of nitrogens with two attached hydrogens (primary N) is 2. The Bertz CT molecular complexity index is 917. The predicted molar refractivity (Wildman–Crippen MR) is 125 cm³/mol. The summed E-state index contributed by atoms with van der Waals surface area (Å²) in [5.74, 6) is -0.665. The molecule has 0 aliphatic carbocycles. The third kappa shape index (κ3) is 7.25. The van der Waals surface area contributed by atoms with Crippen molar-refractivity contribution < 1.29 is 23.9 Å². The number of unbranched alkanes of at least 4 members (excludes halogenated alkanes) is 1. The molecule has 5 N–H and O–H groups in total. The summed E-state index contributed by atoms with van der Waals surface area (Å²) in [7, 11) is 2.65. The van der Waals surface area contributed by atoms with Gasteiger partial charge in [0.15, 0.2) is 0 Å². The standard InChI is InChI=1S/C22H32N4O5S/c1-30-20(27)10-12-32-26-14-15(16-7-3-4-9-19(16)26)13-18(22(29)31-2)25-21(28)17(24)8-5-6-11-23/h3-4,7,9,14,17-18H,5-6,8,10-13,23-24H2,1-2H3,(H,25,28). The van der Waals surface area contributed by atoms with Crippen molar-refractivity contribution in [2.75, 3.05) is 26.5 Å². The van der Waals surface area contributed by atoms with E-state index in [9.17, 15) is 14.4 Å². The number of carbonyl (C=O) groups excluding carboxylic acids is 3. The molecule has 9 nitrogen and oxygen atoms in total. The number of hydrogen-bond acceptors (Lipinski definition) is 8. The molecule has 0 fully saturated rings. The zero-order chi connectivity index (χ0) is 23.5. The van der Waals surface area contributed by atoms with E-state index in [0.29, 0.717) is 18.7 Å². The molecule has 0 aliphatic heterocycles. The first-order valence-electron chi connectivity index (χ1n) is 10.5. The van der Waals surface area contributed by atoms with Gasteiger partial charge in [-0.3, -0.25) is 13.6 Å². The normalized spacial score (nSPS) is 12.9. The van der Waals surface area contributed by atoms with Crippen LogP contribution in [0.1, 0.15) is 31.2 Å². The maximum absolute atomic E-state index is 12.5. The van der Waals surface area contributed by atoms with E-state index >= 15 is 0 Å². The maximum Gasteiger partial charge on any atom is 0.328 e. The van der Waals surface area contributed by atoms with Gasteiger partial charge < -0.3 is 26.3 Å². The number of carbonyl (C=O) groups is 3. The molecule has 10 heteroatoms. The van der Waals surface area contributed by atoms with Crippen LogP contribution in [-0.2, 0) is 30.3 Å². The van der Waals surface area contributed by atoms with Gasteiger partial charge >= 0.3 is 11.9 Å². The minimum absolute atomic E-state index is 0.249. The Labute approximate surface area is 192 Å². The van der Waals surface area contributed by atoms with E-state index in [2.05, 4.69) is 10.1 Å². The van der Waals surface area contributed by atoms with Crippen molar-refractivity contribution in [1.82, 2.24) is 9.29 Å². The zero-order valence-corrected chi connectivity index (χ0v) is 19.4. The number of esters is 2. The molecule has 0 spiro atoms. The van der Waals surface area contributed by atoms with Gasteiger partial charge in [-0.25, -0.2) is 4.79 Å². The van der Waals surface area contributed by atoms with Gasteiger partial charge in [0.1, 0.15) is 6.04 Å². The van der Waals surface area contributed by atoms with Gasteiger partial charge in [-0.2, -0.15) is 0 Å². The second kappa shape index (κ2) is 13.1. The van der Waals surface area contributed by atoms with Crippen molar-refractivity contribution in [1.29, 1.82) is 0 Å². The number of amides is 1. The molecule has 0 saturated heterocycles. The lowest BCUT2D eigenvalue weighted by atomic mass is 10.0. The highest BCUT2D eigenvalue weighted by molar-refractivity contribution is 7.98. The van der Waals surface area contributed by atoms with Crippen LogP contribution >= 0.6 is 11.9 Å². The molecule has 2 unspecified atom stereocenters. The molecule has 0 saturated carbocycles. The van der Waals surface area contributed by atoms with Crippen molar-refractivity contribution in [2.24, 2.45) is 11.5 Å². The molecular weight excluding hydrogens is 432 g/mol. The van der Waals surface area contributed by atoms with E-state index in [0.717, 1.165) is 29.3 Å². The molecule has 0 radical (unpaired) electrons. The van der Waals surface area contributed by atoms with Crippen LogP contribution in [0.15, 0.2) is 30.5 Å². The van der Waals surface area contributed by atoms with Crippen LogP contribution in [0.5, 0.6) is 0 Å². The molecule has 2 atom stereocenters. The van der Waals surface area contributed by atoms with Crippen molar-refractivity contribution in [3.05, 3.63) is 36.0 Å². The summed E-state index contributed by atoms with van der Waals surface area (Å²) in [6.45, 7) is 0.542. The molecule has 1 amide bonds. The summed E-state index contributed by atoms with van der Waals surface area (Å²) < 4.78 is 11.6. The average Bonchev–Trinajstić information content (AvgIpc) is 3.15. The van der Waals surface area contributed by atoms with Crippen LogP contribution in [0.3, 0.4) is 0 Å². The minimum atomic E-state index is -0.868. The van der Waals surface area contributed by atoms with Crippen LogP contribution < -0.4 is 16.8 Å². The quantitative estimate of drug-likeness (QED) is 0.298. The lowest BCUT2D eigenvalue weighted by molar-refractivity contribution is -0.145. The van der Waals surface area contributed by atoms with Gasteiger partial charge in [0, 0.05) is 23.8 Å². The van der Waals surface area contributed by atoms with Gasteiger partial charge in [0.05, 0.1) is 32.2 Å². The van der Waals surface area contributed by atoms with Gasteiger partial charge in [0.2, 0.25) is 5.91 Å². The summed E-state index contributed by atoms with van der Waals surface area (Å²) in [6.07, 6.45) is 4.46. The number of benzene rings is 1. The number of para-hydroxylation sites is 1. The summed E-state index contributed by atoms with van der Waals surface area (Å²) in [5, 5.41) is 3.69. The van der Waals surface area contributed by atoms with Crippen LogP contribution in [-0.4, -0.2) is 60.4 Å². The maximum atomic E-state index is 12.5. The Morgan fingerprint density at radius 3 is 2.59 bits per heavy atom. The highest BCUT2D eigenvalue weighted by Gasteiger charge is 2.26. The number of nitrogens with one attached hydrogen (secondary N) is 1. The number of aromatic nitrogens is 1. The summed E-state index contributed by atoms with van der Waals surface area (Å²) in [6, 6.07) is 6.16. The Hall–Kier alpha value is -2.56. The fourth-order valence-corrected chi connectivity index (χ4v) is 4.25.